The summed E-state index contributed by atoms with van der Waals surface area (Å²) in [5.41, 5.74) is 2.97. The minimum Gasteiger partial charge on any atom is -0.449 e. The third-order valence-corrected chi connectivity index (χ3v) is 3.95. The highest BCUT2D eigenvalue weighted by Gasteiger charge is 2.20. The molecule has 1 atom stereocenters. The van der Waals surface area contributed by atoms with Crippen LogP contribution < -0.4 is 5.32 Å². The van der Waals surface area contributed by atoms with Gasteiger partial charge in [0.1, 0.15) is 0 Å². The summed E-state index contributed by atoms with van der Waals surface area (Å²) in [6, 6.07) is 6.99. The van der Waals surface area contributed by atoms with E-state index in [9.17, 15) is 9.59 Å². The van der Waals surface area contributed by atoms with Crippen molar-refractivity contribution in [1.82, 2.24) is 9.78 Å². The first-order chi connectivity index (χ1) is 11.8. The fourth-order valence-electron chi connectivity index (χ4n) is 2.18. The van der Waals surface area contributed by atoms with E-state index in [1.54, 1.807) is 49.0 Å². The van der Waals surface area contributed by atoms with E-state index < -0.39 is 18.0 Å². The Morgan fingerprint density at radius 1 is 1.28 bits per heavy atom. The van der Waals surface area contributed by atoms with Crippen LogP contribution in [-0.2, 0) is 21.4 Å². The molecule has 0 aliphatic heterocycles. The van der Waals surface area contributed by atoms with Crippen LogP contribution in [0.15, 0.2) is 30.3 Å². The summed E-state index contributed by atoms with van der Waals surface area (Å²) in [4.78, 5) is 24.1. The van der Waals surface area contributed by atoms with Gasteiger partial charge in [-0.3, -0.25) is 9.48 Å². The quantitative estimate of drug-likeness (QED) is 0.655. The minimum atomic E-state index is -0.929. The number of nitrogens with zero attached hydrogens (tertiary/aromatic N) is 2. The number of hydrogen-bond acceptors (Lipinski definition) is 4. The summed E-state index contributed by atoms with van der Waals surface area (Å²) in [7, 11) is 1.79. The van der Waals surface area contributed by atoms with Gasteiger partial charge in [0.15, 0.2) is 6.10 Å². The summed E-state index contributed by atoms with van der Waals surface area (Å²) < 4.78 is 6.80. The van der Waals surface area contributed by atoms with Crippen LogP contribution in [0.5, 0.6) is 0 Å². The maximum absolute atomic E-state index is 12.2. The van der Waals surface area contributed by atoms with Gasteiger partial charge in [-0.1, -0.05) is 23.7 Å². The smallest absolute Gasteiger partial charge is 0.331 e. The van der Waals surface area contributed by atoms with Gasteiger partial charge >= 0.3 is 5.97 Å². The zero-order valence-corrected chi connectivity index (χ0v) is 15.3. The first-order valence-electron chi connectivity index (χ1n) is 7.73. The normalized spacial score (nSPS) is 12.2. The molecule has 0 bridgehead atoms. The van der Waals surface area contributed by atoms with E-state index in [1.807, 2.05) is 6.92 Å². The van der Waals surface area contributed by atoms with Gasteiger partial charge in [0.05, 0.1) is 17.1 Å². The number of ether oxygens (including phenoxy) is 1. The highest BCUT2D eigenvalue weighted by atomic mass is 35.5. The summed E-state index contributed by atoms with van der Waals surface area (Å²) in [5, 5.41) is 7.59. The Kier molecular flexibility index (Phi) is 5.98. The zero-order valence-electron chi connectivity index (χ0n) is 14.5. The fraction of sp³-hybridized carbons (Fsp3) is 0.278. The molecule has 1 N–H and O–H groups in total. The number of aromatic nitrogens is 2. The van der Waals surface area contributed by atoms with Crippen LogP contribution in [-0.4, -0.2) is 27.8 Å². The molecule has 0 radical (unpaired) electrons. The maximum atomic E-state index is 12.2. The van der Waals surface area contributed by atoms with E-state index in [0.717, 1.165) is 11.3 Å². The number of amides is 1. The standard InChI is InChI=1S/C18H20ClN3O3/c1-11-17(12(2)22(4)21-11)20-18(24)13(3)25-16(23)10-7-14-5-8-15(19)9-6-14/h5-10,13H,1-4H3,(H,20,24)/b10-7+/t13-/m0/s1. The molecule has 1 heterocycles. The van der Waals surface area contributed by atoms with Crippen LogP contribution in [0.4, 0.5) is 5.69 Å². The Bertz CT molecular complexity index is 810. The van der Waals surface area contributed by atoms with Gasteiger partial charge in [-0.25, -0.2) is 4.79 Å². The lowest BCUT2D eigenvalue weighted by Crippen LogP contribution is -2.29. The van der Waals surface area contributed by atoms with Crippen molar-refractivity contribution >= 4 is 35.2 Å². The van der Waals surface area contributed by atoms with Crippen molar-refractivity contribution in [3.8, 4) is 0 Å². The van der Waals surface area contributed by atoms with Crippen molar-refractivity contribution in [3.05, 3.63) is 52.3 Å². The molecule has 7 heteroatoms. The highest BCUT2D eigenvalue weighted by molar-refractivity contribution is 6.30. The zero-order chi connectivity index (χ0) is 18.6. The third kappa shape index (κ3) is 4.93. The van der Waals surface area contributed by atoms with E-state index in [2.05, 4.69) is 10.4 Å². The van der Waals surface area contributed by atoms with Crippen molar-refractivity contribution in [2.75, 3.05) is 5.32 Å². The number of anilines is 1. The molecule has 0 aliphatic rings. The molecule has 0 spiro atoms. The molecule has 2 aromatic rings. The van der Waals surface area contributed by atoms with E-state index in [4.69, 9.17) is 16.3 Å². The number of carbonyl (C=O) groups is 2. The number of nitrogens with one attached hydrogen (secondary N) is 1. The lowest BCUT2D eigenvalue weighted by molar-refractivity contribution is -0.148. The van der Waals surface area contributed by atoms with Crippen LogP contribution >= 0.6 is 11.6 Å². The molecule has 1 amide bonds. The predicted molar refractivity (Wildman–Crippen MR) is 97.4 cm³/mol. The largest absolute Gasteiger partial charge is 0.449 e. The van der Waals surface area contributed by atoms with E-state index in [0.29, 0.717) is 16.4 Å². The van der Waals surface area contributed by atoms with Crippen molar-refractivity contribution in [2.24, 2.45) is 7.05 Å². The second-order valence-electron chi connectivity index (χ2n) is 5.62. The lowest BCUT2D eigenvalue weighted by atomic mass is 10.2. The molecule has 25 heavy (non-hydrogen) atoms. The molecular weight excluding hydrogens is 342 g/mol. The van der Waals surface area contributed by atoms with Crippen LogP contribution in [0.2, 0.25) is 5.02 Å². The number of rotatable bonds is 5. The van der Waals surface area contributed by atoms with Gasteiger partial charge in [-0.15, -0.1) is 0 Å². The summed E-state index contributed by atoms with van der Waals surface area (Å²) in [5.74, 6) is -1.01. The Balaban J connectivity index is 1.93. The highest BCUT2D eigenvalue weighted by Crippen LogP contribution is 2.18. The first kappa shape index (κ1) is 18.7. The molecule has 1 aromatic heterocycles. The molecule has 2 rings (SSSR count). The Hall–Kier alpha value is -2.60. The molecule has 0 saturated heterocycles. The molecule has 6 nitrogen and oxygen atoms in total. The summed E-state index contributed by atoms with van der Waals surface area (Å²) in [6.07, 6.45) is 1.94. The van der Waals surface area contributed by atoms with Crippen molar-refractivity contribution in [2.45, 2.75) is 26.9 Å². The van der Waals surface area contributed by atoms with Gasteiger partial charge in [-0.2, -0.15) is 5.10 Å². The van der Waals surface area contributed by atoms with Gasteiger partial charge in [0.2, 0.25) is 0 Å². The number of halogens is 1. The summed E-state index contributed by atoms with van der Waals surface area (Å²) in [6.45, 7) is 5.17. The molecule has 0 saturated carbocycles. The molecule has 0 aliphatic carbocycles. The van der Waals surface area contributed by atoms with Gasteiger partial charge in [0, 0.05) is 18.1 Å². The Labute approximate surface area is 151 Å². The maximum Gasteiger partial charge on any atom is 0.331 e. The minimum absolute atomic E-state index is 0.410. The molecule has 0 unspecified atom stereocenters. The van der Waals surface area contributed by atoms with E-state index >= 15 is 0 Å². The van der Waals surface area contributed by atoms with Crippen molar-refractivity contribution < 1.29 is 14.3 Å². The Morgan fingerprint density at radius 3 is 2.48 bits per heavy atom. The first-order valence-corrected chi connectivity index (χ1v) is 8.11. The number of esters is 1. The van der Waals surface area contributed by atoms with Crippen LogP contribution in [0.3, 0.4) is 0 Å². The van der Waals surface area contributed by atoms with Crippen LogP contribution in [0, 0.1) is 13.8 Å². The SMILES string of the molecule is Cc1nn(C)c(C)c1NC(=O)[C@H](C)OC(=O)/C=C/c1ccc(Cl)cc1. The van der Waals surface area contributed by atoms with Crippen LogP contribution in [0.25, 0.3) is 6.08 Å². The second kappa shape index (κ2) is 7.98. The molecular formula is C18H20ClN3O3. The second-order valence-corrected chi connectivity index (χ2v) is 6.06. The number of carbonyl (C=O) groups excluding carboxylic acids is 2. The van der Waals surface area contributed by atoms with Gasteiger partial charge in [0.25, 0.3) is 5.91 Å². The third-order valence-electron chi connectivity index (χ3n) is 3.70. The fourth-order valence-corrected chi connectivity index (χ4v) is 2.31. The monoisotopic (exact) mass is 361 g/mol. The van der Waals surface area contributed by atoms with E-state index in [-0.39, 0.29) is 0 Å². The van der Waals surface area contributed by atoms with Crippen molar-refractivity contribution in [1.29, 1.82) is 0 Å². The average molecular weight is 362 g/mol. The molecule has 0 fully saturated rings. The number of benzene rings is 1. The lowest BCUT2D eigenvalue weighted by Gasteiger charge is -2.12. The van der Waals surface area contributed by atoms with Gasteiger partial charge < -0.3 is 10.1 Å². The number of hydrogen-bond donors (Lipinski definition) is 1. The van der Waals surface area contributed by atoms with Gasteiger partial charge in [-0.05, 0) is 44.5 Å². The molecule has 1 aromatic carbocycles. The van der Waals surface area contributed by atoms with E-state index in [1.165, 1.54) is 13.0 Å². The summed E-state index contributed by atoms with van der Waals surface area (Å²) >= 11 is 5.80. The van der Waals surface area contributed by atoms with Crippen molar-refractivity contribution in [3.63, 3.8) is 0 Å². The Morgan fingerprint density at radius 2 is 1.92 bits per heavy atom. The average Bonchev–Trinajstić information content (AvgIpc) is 2.80. The predicted octanol–water partition coefficient (Wildman–Crippen LogP) is 3.27. The van der Waals surface area contributed by atoms with Crippen LogP contribution in [0.1, 0.15) is 23.9 Å². The number of aryl methyl sites for hydroxylation is 2. The molecule has 132 valence electrons. The topological polar surface area (TPSA) is 73.2 Å².